The number of rotatable bonds is 5. The highest BCUT2D eigenvalue weighted by atomic mass is 32.1. The fourth-order valence-electron chi connectivity index (χ4n) is 2.58. The number of aryl methyl sites for hydroxylation is 1. The van der Waals surface area contributed by atoms with E-state index >= 15 is 0 Å². The summed E-state index contributed by atoms with van der Waals surface area (Å²) < 4.78 is 0. The molecular formula is C16H19N2S+. The third-order valence-electron chi connectivity index (χ3n) is 3.55. The van der Waals surface area contributed by atoms with Gasteiger partial charge in [0.05, 0.1) is 11.4 Å². The summed E-state index contributed by atoms with van der Waals surface area (Å²) in [7, 11) is 0. The molecule has 19 heavy (non-hydrogen) atoms. The molecule has 0 atom stereocenters. The van der Waals surface area contributed by atoms with Crippen molar-refractivity contribution in [2.45, 2.75) is 19.9 Å². The highest BCUT2D eigenvalue weighted by Crippen LogP contribution is 2.21. The Labute approximate surface area is 117 Å². The Morgan fingerprint density at radius 2 is 2.05 bits per heavy atom. The number of aromatic amines is 1. The lowest BCUT2D eigenvalue weighted by atomic mass is 10.1. The number of hydrogen-bond acceptors (Lipinski definition) is 1. The van der Waals surface area contributed by atoms with Gasteiger partial charge in [0.25, 0.3) is 0 Å². The standard InChI is InChI=1S/C16H18N2S/c1-12-14(15-6-2-3-7-16(15)18-12)8-9-17-11-13-5-4-10-19-13/h2-7,10,17-18H,8-9,11H2,1H3/p+1. The second kappa shape index (κ2) is 5.59. The molecule has 3 N–H and O–H groups in total. The van der Waals surface area contributed by atoms with Crippen LogP contribution in [0.3, 0.4) is 0 Å². The van der Waals surface area contributed by atoms with Gasteiger partial charge in [-0.1, -0.05) is 24.3 Å². The van der Waals surface area contributed by atoms with E-state index in [0.717, 1.165) is 19.5 Å². The van der Waals surface area contributed by atoms with Gasteiger partial charge in [-0.2, -0.15) is 0 Å². The van der Waals surface area contributed by atoms with Crippen molar-refractivity contribution in [2.75, 3.05) is 6.54 Å². The van der Waals surface area contributed by atoms with Gasteiger partial charge in [-0.25, -0.2) is 0 Å². The van der Waals surface area contributed by atoms with Crippen LogP contribution in [-0.4, -0.2) is 11.5 Å². The van der Waals surface area contributed by atoms with Gasteiger partial charge >= 0.3 is 0 Å². The van der Waals surface area contributed by atoms with Gasteiger partial charge in [-0.15, -0.1) is 11.3 Å². The van der Waals surface area contributed by atoms with Gasteiger partial charge in [0.2, 0.25) is 0 Å². The molecule has 0 saturated carbocycles. The van der Waals surface area contributed by atoms with Crippen molar-refractivity contribution in [2.24, 2.45) is 0 Å². The Morgan fingerprint density at radius 3 is 2.89 bits per heavy atom. The number of fused-ring (bicyclic) bond motifs is 1. The van der Waals surface area contributed by atoms with Crippen molar-refractivity contribution in [3.63, 3.8) is 0 Å². The first kappa shape index (κ1) is 12.5. The lowest BCUT2D eigenvalue weighted by Crippen LogP contribution is -2.82. The highest BCUT2D eigenvalue weighted by molar-refractivity contribution is 7.09. The summed E-state index contributed by atoms with van der Waals surface area (Å²) in [6.07, 6.45) is 1.13. The van der Waals surface area contributed by atoms with Crippen molar-refractivity contribution in [3.8, 4) is 0 Å². The van der Waals surface area contributed by atoms with E-state index in [9.17, 15) is 0 Å². The van der Waals surface area contributed by atoms with Crippen LogP contribution in [-0.2, 0) is 13.0 Å². The van der Waals surface area contributed by atoms with Crippen LogP contribution < -0.4 is 5.32 Å². The van der Waals surface area contributed by atoms with Crippen molar-refractivity contribution >= 4 is 22.2 Å². The lowest BCUT2D eigenvalue weighted by molar-refractivity contribution is -0.669. The Morgan fingerprint density at radius 1 is 1.16 bits per heavy atom. The lowest BCUT2D eigenvalue weighted by Gasteiger charge is -2.01. The molecule has 0 aliphatic carbocycles. The molecule has 0 bridgehead atoms. The number of benzene rings is 1. The number of aromatic nitrogens is 1. The van der Waals surface area contributed by atoms with Crippen molar-refractivity contribution in [1.82, 2.24) is 4.98 Å². The molecule has 0 unspecified atom stereocenters. The molecule has 0 aliphatic rings. The van der Waals surface area contributed by atoms with Gasteiger partial charge in [0.1, 0.15) is 6.54 Å². The smallest absolute Gasteiger partial charge is 0.111 e. The molecule has 3 aromatic rings. The molecule has 98 valence electrons. The van der Waals surface area contributed by atoms with E-state index in [-0.39, 0.29) is 0 Å². The van der Waals surface area contributed by atoms with E-state index in [1.165, 1.54) is 27.0 Å². The van der Waals surface area contributed by atoms with Gasteiger partial charge in [-0.3, -0.25) is 0 Å². The van der Waals surface area contributed by atoms with Crippen molar-refractivity contribution in [1.29, 1.82) is 0 Å². The molecule has 0 radical (unpaired) electrons. The first-order chi connectivity index (χ1) is 9.34. The molecule has 3 rings (SSSR count). The van der Waals surface area contributed by atoms with Gasteiger partial charge < -0.3 is 10.3 Å². The average Bonchev–Trinajstić information content (AvgIpc) is 3.02. The van der Waals surface area contributed by atoms with E-state index < -0.39 is 0 Å². The van der Waals surface area contributed by atoms with Crippen LogP contribution in [0.4, 0.5) is 0 Å². The summed E-state index contributed by atoms with van der Waals surface area (Å²) in [5.74, 6) is 0. The normalized spacial score (nSPS) is 11.2. The molecule has 2 nitrogen and oxygen atoms in total. The first-order valence-corrected chi connectivity index (χ1v) is 7.63. The molecule has 3 heteroatoms. The van der Waals surface area contributed by atoms with E-state index in [2.05, 4.69) is 59.0 Å². The molecule has 2 aromatic heterocycles. The highest BCUT2D eigenvalue weighted by Gasteiger charge is 2.08. The third-order valence-corrected chi connectivity index (χ3v) is 4.45. The fraction of sp³-hybridized carbons (Fsp3) is 0.250. The van der Waals surface area contributed by atoms with Crippen LogP contribution >= 0.6 is 11.3 Å². The maximum atomic E-state index is 3.47. The molecule has 0 amide bonds. The van der Waals surface area contributed by atoms with E-state index in [1.807, 2.05) is 11.3 Å². The van der Waals surface area contributed by atoms with E-state index in [1.54, 1.807) is 0 Å². The number of thiophene rings is 1. The molecular weight excluding hydrogens is 252 g/mol. The third kappa shape index (κ3) is 2.72. The molecule has 1 aromatic carbocycles. The van der Waals surface area contributed by atoms with Crippen LogP contribution in [0, 0.1) is 6.92 Å². The maximum absolute atomic E-state index is 3.47. The number of nitrogens with two attached hydrogens (primary N) is 1. The van der Waals surface area contributed by atoms with Crippen molar-refractivity contribution in [3.05, 3.63) is 57.9 Å². The minimum absolute atomic E-state index is 1.10. The number of hydrogen-bond donors (Lipinski definition) is 2. The molecule has 0 spiro atoms. The van der Waals surface area contributed by atoms with Gasteiger partial charge in [-0.05, 0) is 30.0 Å². The van der Waals surface area contributed by atoms with Crippen LogP contribution in [0.5, 0.6) is 0 Å². The Balaban J connectivity index is 1.63. The number of quaternary nitrogens is 1. The Kier molecular flexibility index (Phi) is 3.67. The molecule has 2 heterocycles. The quantitative estimate of drug-likeness (QED) is 0.669. The molecule has 0 fully saturated rings. The second-order valence-corrected chi connectivity index (χ2v) is 5.92. The zero-order valence-electron chi connectivity index (χ0n) is 11.1. The van der Waals surface area contributed by atoms with E-state index in [4.69, 9.17) is 0 Å². The number of nitrogens with one attached hydrogen (secondary N) is 1. The minimum atomic E-state index is 1.10. The van der Waals surface area contributed by atoms with Crippen LogP contribution in [0.25, 0.3) is 10.9 Å². The summed E-state index contributed by atoms with van der Waals surface area (Å²) >= 11 is 1.84. The monoisotopic (exact) mass is 271 g/mol. The minimum Gasteiger partial charge on any atom is -0.358 e. The topological polar surface area (TPSA) is 32.4 Å². The SMILES string of the molecule is Cc1[nH]c2ccccc2c1CC[NH2+]Cc1cccs1. The fourth-order valence-corrected chi connectivity index (χ4v) is 3.28. The Hall–Kier alpha value is -1.58. The maximum Gasteiger partial charge on any atom is 0.111 e. The summed E-state index contributed by atoms with van der Waals surface area (Å²) in [5.41, 5.74) is 4.04. The molecule has 0 aliphatic heterocycles. The number of H-pyrrole nitrogens is 1. The summed E-state index contributed by atoms with van der Waals surface area (Å²) in [4.78, 5) is 4.92. The Bertz CT molecular complexity index is 653. The second-order valence-electron chi connectivity index (χ2n) is 4.88. The predicted octanol–water partition coefficient (Wildman–Crippen LogP) is 2.84. The predicted molar refractivity (Wildman–Crippen MR) is 81.6 cm³/mol. The first-order valence-electron chi connectivity index (χ1n) is 6.75. The summed E-state index contributed by atoms with van der Waals surface area (Å²) in [6, 6.07) is 12.9. The largest absolute Gasteiger partial charge is 0.358 e. The van der Waals surface area contributed by atoms with Crippen LogP contribution in [0.1, 0.15) is 16.1 Å². The van der Waals surface area contributed by atoms with Crippen LogP contribution in [0.2, 0.25) is 0 Å². The van der Waals surface area contributed by atoms with E-state index in [0.29, 0.717) is 0 Å². The van der Waals surface area contributed by atoms with Crippen LogP contribution in [0.15, 0.2) is 41.8 Å². The van der Waals surface area contributed by atoms with Crippen molar-refractivity contribution < 1.29 is 5.32 Å². The molecule has 0 saturated heterocycles. The van der Waals surface area contributed by atoms with Gasteiger partial charge in [0.15, 0.2) is 0 Å². The number of para-hydroxylation sites is 1. The zero-order chi connectivity index (χ0) is 13.1. The summed E-state index contributed by atoms with van der Waals surface area (Å²) in [6.45, 7) is 4.41. The average molecular weight is 271 g/mol. The summed E-state index contributed by atoms with van der Waals surface area (Å²) in [5, 5.41) is 5.92. The zero-order valence-corrected chi connectivity index (χ0v) is 12.0. The van der Waals surface area contributed by atoms with Gasteiger partial charge in [0, 0.05) is 23.0 Å².